The Hall–Kier alpha value is -3.35. The number of carbonyl (C=O) groups is 3. The van der Waals surface area contributed by atoms with Crippen molar-refractivity contribution in [3.63, 3.8) is 0 Å². The molecule has 0 heterocycles. The molecule has 5 rings (SSSR count). The lowest BCUT2D eigenvalue weighted by Gasteiger charge is -2.46. The number of aliphatic carboxylic acids is 1. The molecule has 7 heteroatoms. The van der Waals surface area contributed by atoms with Crippen LogP contribution in [0.15, 0.2) is 48.5 Å². The van der Waals surface area contributed by atoms with Gasteiger partial charge in [0.1, 0.15) is 17.7 Å². The zero-order chi connectivity index (χ0) is 23.9. The van der Waals surface area contributed by atoms with Crippen LogP contribution in [-0.2, 0) is 14.3 Å². The summed E-state index contributed by atoms with van der Waals surface area (Å²) in [7, 11) is 1.56. The minimum atomic E-state index is -1.19. The molecule has 34 heavy (non-hydrogen) atoms. The highest BCUT2D eigenvalue weighted by Gasteiger charge is 2.54. The molecular formula is C27H30N2O5. The van der Waals surface area contributed by atoms with Gasteiger partial charge >= 0.3 is 12.1 Å². The van der Waals surface area contributed by atoms with E-state index in [9.17, 15) is 19.5 Å². The molecule has 3 aliphatic rings. The van der Waals surface area contributed by atoms with E-state index >= 15 is 0 Å². The van der Waals surface area contributed by atoms with Crippen molar-refractivity contribution in [2.75, 3.05) is 13.7 Å². The number of nitrogens with one attached hydrogen (secondary N) is 1. The summed E-state index contributed by atoms with van der Waals surface area (Å²) in [5, 5.41) is 12.7. The molecule has 0 aliphatic heterocycles. The second-order valence-electron chi connectivity index (χ2n) is 9.79. The highest BCUT2D eigenvalue weighted by atomic mass is 16.5. The Morgan fingerprint density at radius 3 is 2.00 bits per heavy atom. The van der Waals surface area contributed by atoms with E-state index in [-0.39, 0.29) is 18.4 Å². The van der Waals surface area contributed by atoms with Crippen molar-refractivity contribution in [2.45, 2.75) is 61.9 Å². The normalized spacial score (nSPS) is 19.4. The summed E-state index contributed by atoms with van der Waals surface area (Å²) >= 11 is 0. The van der Waals surface area contributed by atoms with Gasteiger partial charge < -0.3 is 20.1 Å². The standard InChI is InChI=1S/C27H30N2O5/c1-29(27(24(31)32)15-6-7-16-27)23(30)26(13-8-14-26)28-25(33)34-17-22-20-11-4-2-9-18(20)19-10-3-5-12-21(19)22/h2-5,9-12,22H,6-8,13-17H2,1H3,(H,28,33)(H,31,32). The maximum absolute atomic E-state index is 13.5. The number of hydrogen-bond donors (Lipinski definition) is 2. The van der Waals surface area contributed by atoms with Gasteiger partial charge in [0, 0.05) is 13.0 Å². The Morgan fingerprint density at radius 1 is 0.941 bits per heavy atom. The van der Waals surface area contributed by atoms with E-state index in [2.05, 4.69) is 29.6 Å². The Balaban J connectivity index is 1.29. The van der Waals surface area contributed by atoms with Crippen molar-refractivity contribution in [2.24, 2.45) is 0 Å². The van der Waals surface area contributed by atoms with Crippen molar-refractivity contribution in [1.29, 1.82) is 0 Å². The molecule has 0 aromatic heterocycles. The average molecular weight is 463 g/mol. The van der Waals surface area contributed by atoms with Crippen LogP contribution >= 0.6 is 0 Å². The van der Waals surface area contributed by atoms with Crippen LogP contribution in [0.4, 0.5) is 4.79 Å². The van der Waals surface area contributed by atoms with Crippen molar-refractivity contribution in [3.8, 4) is 11.1 Å². The highest BCUT2D eigenvalue weighted by molar-refractivity contribution is 5.95. The Morgan fingerprint density at radius 2 is 1.50 bits per heavy atom. The second kappa shape index (κ2) is 8.46. The van der Waals surface area contributed by atoms with Gasteiger partial charge in [-0.25, -0.2) is 9.59 Å². The molecule has 0 spiro atoms. The van der Waals surface area contributed by atoms with E-state index in [0.717, 1.165) is 41.5 Å². The van der Waals surface area contributed by atoms with Crippen LogP contribution in [0.1, 0.15) is 62.0 Å². The van der Waals surface area contributed by atoms with Gasteiger partial charge in [0.05, 0.1) is 0 Å². The van der Waals surface area contributed by atoms with Gasteiger partial charge in [-0.2, -0.15) is 0 Å². The second-order valence-corrected chi connectivity index (χ2v) is 9.79. The van der Waals surface area contributed by atoms with Crippen LogP contribution in [0, 0.1) is 0 Å². The largest absolute Gasteiger partial charge is 0.479 e. The lowest BCUT2D eigenvalue weighted by atomic mass is 9.74. The van der Waals surface area contributed by atoms with Gasteiger partial charge in [-0.05, 0) is 54.4 Å². The van der Waals surface area contributed by atoms with Gasteiger partial charge in [0.25, 0.3) is 0 Å². The van der Waals surface area contributed by atoms with E-state index < -0.39 is 23.1 Å². The van der Waals surface area contributed by atoms with Crippen molar-refractivity contribution in [1.82, 2.24) is 10.2 Å². The van der Waals surface area contributed by atoms with Gasteiger partial charge in [0.2, 0.25) is 5.91 Å². The minimum Gasteiger partial charge on any atom is -0.479 e. The average Bonchev–Trinajstić information content (AvgIpc) is 3.44. The zero-order valence-electron chi connectivity index (χ0n) is 19.4. The summed E-state index contributed by atoms with van der Waals surface area (Å²) in [6.07, 6.45) is 3.54. The molecule has 2 aromatic carbocycles. The van der Waals surface area contributed by atoms with E-state index in [1.807, 2.05) is 24.3 Å². The maximum atomic E-state index is 13.5. The van der Waals surface area contributed by atoms with Crippen molar-refractivity contribution < 1.29 is 24.2 Å². The predicted octanol–water partition coefficient (Wildman–Crippen LogP) is 4.30. The van der Waals surface area contributed by atoms with E-state index in [1.54, 1.807) is 7.05 Å². The number of likely N-dealkylation sites (N-methyl/N-ethyl adjacent to an activating group) is 1. The highest BCUT2D eigenvalue weighted by Crippen LogP contribution is 2.45. The number of rotatable bonds is 6. The van der Waals surface area contributed by atoms with Gasteiger partial charge in [-0.3, -0.25) is 4.79 Å². The number of benzene rings is 2. The smallest absolute Gasteiger partial charge is 0.408 e. The molecule has 0 saturated heterocycles. The summed E-state index contributed by atoms with van der Waals surface area (Å²) in [5.41, 5.74) is 2.25. The van der Waals surface area contributed by atoms with Crippen LogP contribution in [0.2, 0.25) is 0 Å². The monoisotopic (exact) mass is 462 g/mol. The molecule has 2 aromatic rings. The first kappa shape index (κ1) is 22.4. The third kappa shape index (κ3) is 3.45. The molecule has 2 fully saturated rings. The van der Waals surface area contributed by atoms with Crippen LogP contribution in [0.25, 0.3) is 11.1 Å². The SMILES string of the molecule is CN(C(=O)C1(NC(=O)OCC2c3ccccc3-c3ccccc32)CCC1)C1(C(=O)O)CCCC1. The van der Waals surface area contributed by atoms with Gasteiger partial charge in [-0.15, -0.1) is 0 Å². The third-order valence-electron chi connectivity index (χ3n) is 8.08. The molecule has 0 atom stereocenters. The minimum absolute atomic E-state index is 0.0670. The maximum Gasteiger partial charge on any atom is 0.408 e. The first-order valence-electron chi connectivity index (χ1n) is 12.0. The quantitative estimate of drug-likeness (QED) is 0.667. The molecule has 2 saturated carbocycles. The summed E-state index contributed by atoms with van der Waals surface area (Å²) in [6, 6.07) is 16.2. The number of alkyl carbamates (subject to hydrolysis) is 1. The topological polar surface area (TPSA) is 95.9 Å². The van der Waals surface area contributed by atoms with Crippen LogP contribution < -0.4 is 5.32 Å². The van der Waals surface area contributed by atoms with Crippen LogP contribution in [-0.4, -0.2) is 52.7 Å². The number of fused-ring (bicyclic) bond motifs is 3. The van der Waals surface area contributed by atoms with Crippen molar-refractivity contribution >= 4 is 18.0 Å². The molecule has 2 amide bonds. The fraction of sp³-hybridized carbons (Fsp3) is 0.444. The Kier molecular flexibility index (Phi) is 5.58. The molecule has 0 radical (unpaired) electrons. The fourth-order valence-corrected chi connectivity index (χ4v) is 5.92. The Labute approximate surface area is 199 Å². The molecule has 7 nitrogen and oxygen atoms in total. The first-order chi connectivity index (χ1) is 16.4. The molecule has 0 unspecified atom stereocenters. The number of carboxylic acids is 1. The summed E-state index contributed by atoms with van der Waals surface area (Å²) in [6.45, 7) is 0.166. The number of ether oxygens (including phenoxy) is 1. The molecular weight excluding hydrogens is 432 g/mol. The summed E-state index contributed by atoms with van der Waals surface area (Å²) in [4.78, 5) is 39.8. The number of hydrogen-bond acceptors (Lipinski definition) is 4. The molecule has 2 N–H and O–H groups in total. The van der Waals surface area contributed by atoms with Gasteiger partial charge in [-0.1, -0.05) is 61.4 Å². The Bertz CT molecular complexity index is 1090. The summed E-state index contributed by atoms with van der Waals surface area (Å²) < 4.78 is 5.66. The number of carboxylic acid groups (broad SMARTS) is 1. The van der Waals surface area contributed by atoms with Gasteiger partial charge in [0.15, 0.2) is 0 Å². The van der Waals surface area contributed by atoms with E-state index in [4.69, 9.17) is 4.74 Å². The number of nitrogens with zero attached hydrogens (tertiary/aromatic N) is 1. The molecule has 178 valence electrons. The zero-order valence-corrected chi connectivity index (χ0v) is 19.4. The van der Waals surface area contributed by atoms with E-state index in [0.29, 0.717) is 25.7 Å². The lowest BCUT2D eigenvalue weighted by Crippen LogP contribution is -2.67. The van der Waals surface area contributed by atoms with Crippen LogP contribution in [0.3, 0.4) is 0 Å². The lowest BCUT2D eigenvalue weighted by molar-refractivity contribution is -0.162. The fourth-order valence-electron chi connectivity index (χ4n) is 5.92. The van der Waals surface area contributed by atoms with Crippen LogP contribution in [0.5, 0.6) is 0 Å². The number of amides is 2. The third-order valence-corrected chi connectivity index (χ3v) is 8.08. The summed E-state index contributed by atoms with van der Waals surface area (Å²) in [5.74, 6) is -1.38. The molecule has 3 aliphatic carbocycles. The first-order valence-corrected chi connectivity index (χ1v) is 12.0. The predicted molar refractivity (Wildman–Crippen MR) is 126 cm³/mol. The number of carbonyl (C=O) groups excluding carboxylic acids is 2. The van der Waals surface area contributed by atoms with E-state index in [1.165, 1.54) is 4.90 Å². The van der Waals surface area contributed by atoms with Crippen molar-refractivity contribution in [3.05, 3.63) is 59.7 Å². The molecule has 0 bridgehead atoms.